The molecule has 0 atom stereocenters. The topological polar surface area (TPSA) is 58.2 Å². The Morgan fingerprint density at radius 2 is 1.86 bits per heavy atom. The van der Waals surface area contributed by atoms with Gasteiger partial charge in [-0.2, -0.15) is 0 Å². The average Bonchev–Trinajstić information content (AvgIpc) is 2.37. The summed E-state index contributed by atoms with van der Waals surface area (Å²) in [7, 11) is 0. The van der Waals surface area contributed by atoms with Crippen LogP contribution < -0.4 is 10.9 Å². The highest BCUT2D eigenvalue weighted by atomic mass is 16.2. The van der Waals surface area contributed by atoms with Gasteiger partial charge in [0.1, 0.15) is 0 Å². The maximum atomic E-state index is 11.9. The molecule has 0 fully saturated rings. The van der Waals surface area contributed by atoms with Crippen LogP contribution in [0.2, 0.25) is 0 Å². The number of hydrogen-bond acceptors (Lipinski definition) is 3. The number of benzene rings is 1. The van der Waals surface area contributed by atoms with Gasteiger partial charge in [0.15, 0.2) is 5.78 Å². The Labute approximate surface area is 125 Å². The summed E-state index contributed by atoms with van der Waals surface area (Å²) in [6, 6.07) is 7.87. The van der Waals surface area contributed by atoms with E-state index in [-0.39, 0.29) is 17.1 Å². The third-order valence-electron chi connectivity index (χ3n) is 3.50. The van der Waals surface area contributed by atoms with Crippen molar-refractivity contribution >= 4 is 11.7 Å². The summed E-state index contributed by atoms with van der Waals surface area (Å²) in [6.07, 6.45) is 3.20. The van der Waals surface area contributed by atoms with Crippen molar-refractivity contribution in [2.24, 2.45) is 5.41 Å². The van der Waals surface area contributed by atoms with Gasteiger partial charge in [-0.25, -0.2) is 0 Å². The minimum atomic E-state index is -0.115. The first-order valence-electron chi connectivity index (χ1n) is 7.18. The van der Waals surface area contributed by atoms with Gasteiger partial charge in [-0.15, -0.1) is 0 Å². The second-order valence-electron chi connectivity index (χ2n) is 6.49. The van der Waals surface area contributed by atoms with Crippen LogP contribution in [0.15, 0.2) is 36.0 Å². The molecule has 0 radical (unpaired) electrons. The number of allylic oxidation sites excluding steroid dienone is 2. The molecule has 0 spiro atoms. The Morgan fingerprint density at radius 3 is 2.48 bits per heavy atom. The summed E-state index contributed by atoms with van der Waals surface area (Å²) >= 11 is 0. The van der Waals surface area contributed by atoms with Crippen LogP contribution in [0.5, 0.6) is 0 Å². The highest BCUT2D eigenvalue weighted by Gasteiger charge is 2.27. The SMILES string of the molecule is Cc1ccc(CC(=O)NNC2=CC(=O)CC(C)(C)C2)cc1. The molecule has 1 aliphatic rings. The van der Waals surface area contributed by atoms with Gasteiger partial charge in [-0.05, 0) is 24.3 Å². The molecule has 0 bridgehead atoms. The number of aryl methyl sites for hydroxylation is 1. The first-order chi connectivity index (χ1) is 9.84. The second kappa shape index (κ2) is 6.12. The summed E-state index contributed by atoms with van der Waals surface area (Å²) in [5.41, 5.74) is 8.39. The van der Waals surface area contributed by atoms with Crippen molar-refractivity contribution in [2.45, 2.75) is 40.0 Å². The predicted octanol–water partition coefficient (Wildman–Crippen LogP) is 2.43. The van der Waals surface area contributed by atoms with E-state index in [4.69, 9.17) is 0 Å². The standard InChI is InChI=1S/C17H22N2O2/c1-12-4-6-13(7-5-12)8-16(21)19-18-14-9-15(20)11-17(2,3)10-14/h4-7,9,18H,8,10-11H2,1-3H3,(H,19,21). The van der Waals surface area contributed by atoms with E-state index in [0.29, 0.717) is 12.8 Å². The number of hydrogen-bond donors (Lipinski definition) is 2. The molecule has 1 aromatic carbocycles. The smallest absolute Gasteiger partial charge is 0.242 e. The van der Waals surface area contributed by atoms with Gasteiger partial charge >= 0.3 is 0 Å². The van der Waals surface area contributed by atoms with Crippen LogP contribution in [0.4, 0.5) is 0 Å². The van der Waals surface area contributed by atoms with Crippen LogP contribution in [-0.2, 0) is 16.0 Å². The van der Waals surface area contributed by atoms with Crippen molar-refractivity contribution < 1.29 is 9.59 Å². The Bertz CT molecular complexity index is 571. The summed E-state index contributed by atoms with van der Waals surface area (Å²) < 4.78 is 0. The Morgan fingerprint density at radius 1 is 1.19 bits per heavy atom. The predicted molar refractivity (Wildman–Crippen MR) is 82.3 cm³/mol. The molecule has 2 rings (SSSR count). The molecular weight excluding hydrogens is 264 g/mol. The van der Waals surface area contributed by atoms with Crippen LogP contribution in [0, 0.1) is 12.3 Å². The first-order valence-corrected chi connectivity index (χ1v) is 7.18. The summed E-state index contributed by atoms with van der Waals surface area (Å²) in [5.74, 6) is -0.0166. The van der Waals surface area contributed by atoms with Gasteiger partial charge < -0.3 is 5.43 Å². The molecule has 4 heteroatoms. The minimum absolute atomic E-state index is 0.0597. The van der Waals surface area contributed by atoms with E-state index < -0.39 is 0 Å². The molecule has 2 N–H and O–H groups in total. The number of amides is 1. The fourth-order valence-electron chi connectivity index (χ4n) is 2.51. The average molecular weight is 286 g/mol. The molecular formula is C17H22N2O2. The fraction of sp³-hybridized carbons (Fsp3) is 0.412. The third-order valence-corrected chi connectivity index (χ3v) is 3.50. The van der Waals surface area contributed by atoms with E-state index in [1.165, 1.54) is 5.56 Å². The van der Waals surface area contributed by atoms with E-state index in [2.05, 4.69) is 10.9 Å². The van der Waals surface area contributed by atoms with Gasteiger partial charge in [0.2, 0.25) is 5.91 Å². The quantitative estimate of drug-likeness (QED) is 0.836. The number of hydrazine groups is 1. The van der Waals surface area contributed by atoms with E-state index in [1.54, 1.807) is 6.08 Å². The van der Waals surface area contributed by atoms with Gasteiger partial charge in [-0.1, -0.05) is 43.7 Å². The van der Waals surface area contributed by atoms with E-state index in [0.717, 1.165) is 17.7 Å². The van der Waals surface area contributed by atoms with Gasteiger partial charge in [0.25, 0.3) is 0 Å². The number of rotatable bonds is 4. The Balaban J connectivity index is 1.86. The molecule has 112 valence electrons. The molecule has 1 amide bonds. The zero-order valence-electron chi connectivity index (χ0n) is 12.8. The highest BCUT2D eigenvalue weighted by Crippen LogP contribution is 2.32. The van der Waals surface area contributed by atoms with Crippen molar-refractivity contribution in [3.05, 3.63) is 47.2 Å². The maximum absolute atomic E-state index is 11.9. The van der Waals surface area contributed by atoms with Crippen molar-refractivity contribution in [2.75, 3.05) is 0 Å². The van der Waals surface area contributed by atoms with Crippen LogP contribution in [0.1, 0.15) is 37.8 Å². The number of carbonyl (C=O) groups is 2. The zero-order chi connectivity index (χ0) is 15.5. The Kier molecular flexibility index (Phi) is 4.46. The van der Waals surface area contributed by atoms with E-state index >= 15 is 0 Å². The lowest BCUT2D eigenvalue weighted by Crippen LogP contribution is -2.40. The first kappa shape index (κ1) is 15.3. The molecule has 21 heavy (non-hydrogen) atoms. The zero-order valence-corrected chi connectivity index (χ0v) is 12.8. The number of ketones is 1. The lowest BCUT2D eigenvalue weighted by Gasteiger charge is -2.29. The van der Waals surface area contributed by atoms with Crippen molar-refractivity contribution in [1.29, 1.82) is 0 Å². The molecule has 0 saturated carbocycles. The second-order valence-corrected chi connectivity index (χ2v) is 6.49. The fourth-order valence-corrected chi connectivity index (χ4v) is 2.51. The van der Waals surface area contributed by atoms with Gasteiger partial charge in [-0.3, -0.25) is 15.0 Å². The largest absolute Gasteiger partial charge is 0.303 e. The maximum Gasteiger partial charge on any atom is 0.242 e. The summed E-state index contributed by atoms with van der Waals surface area (Å²) in [4.78, 5) is 23.5. The van der Waals surface area contributed by atoms with Crippen LogP contribution >= 0.6 is 0 Å². The molecule has 1 aromatic rings. The molecule has 0 aliphatic heterocycles. The summed E-state index contributed by atoms with van der Waals surface area (Å²) in [5, 5.41) is 0. The molecule has 1 aliphatic carbocycles. The lowest BCUT2D eigenvalue weighted by molar-refractivity contribution is -0.121. The number of nitrogens with one attached hydrogen (secondary N) is 2. The molecule has 0 aromatic heterocycles. The molecule has 0 unspecified atom stereocenters. The van der Waals surface area contributed by atoms with Crippen molar-refractivity contribution in [1.82, 2.24) is 10.9 Å². The Hall–Kier alpha value is -2.10. The summed E-state index contributed by atoms with van der Waals surface area (Å²) in [6.45, 7) is 6.11. The monoisotopic (exact) mass is 286 g/mol. The van der Waals surface area contributed by atoms with Gasteiger partial charge in [0.05, 0.1) is 6.42 Å². The van der Waals surface area contributed by atoms with Crippen LogP contribution in [0.3, 0.4) is 0 Å². The highest BCUT2D eigenvalue weighted by molar-refractivity contribution is 5.91. The molecule has 4 nitrogen and oxygen atoms in total. The lowest BCUT2D eigenvalue weighted by atomic mass is 9.79. The minimum Gasteiger partial charge on any atom is -0.303 e. The number of carbonyl (C=O) groups excluding carboxylic acids is 2. The van der Waals surface area contributed by atoms with Crippen LogP contribution in [-0.4, -0.2) is 11.7 Å². The van der Waals surface area contributed by atoms with E-state index in [9.17, 15) is 9.59 Å². The molecule has 0 saturated heterocycles. The van der Waals surface area contributed by atoms with Gasteiger partial charge in [0, 0.05) is 18.2 Å². The van der Waals surface area contributed by atoms with Crippen molar-refractivity contribution in [3.63, 3.8) is 0 Å². The van der Waals surface area contributed by atoms with Crippen molar-refractivity contribution in [3.8, 4) is 0 Å². The molecule has 0 heterocycles. The third kappa shape index (κ3) is 4.74. The van der Waals surface area contributed by atoms with Crippen LogP contribution in [0.25, 0.3) is 0 Å². The van der Waals surface area contributed by atoms with E-state index in [1.807, 2.05) is 45.0 Å². The normalized spacial score (nSPS) is 17.1.